The smallest absolute Gasteiger partial charge is 0.336 e. The highest BCUT2D eigenvalue weighted by atomic mass is 32.2. The number of phenols is 2. The van der Waals surface area contributed by atoms with Crippen LogP contribution in [0.2, 0.25) is 0 Å². The second kappa shape index (κ2) is 50.8. The molecule has 145 heavy (non-hydrogen) atoms. The number of nitrogens with zero attached hydrogens (tertiary/aromatic N) is 1. The number of primary amides is 2. The molecule has 0 bridgehead atoms. The number of para-hydroxylation sites is 1. The summed E-state index contributed by atoms with van der Waals surface area (Å²) in [5.41, 5.74) is 14.0. The summed E-state index contributed by atoms with van der Waals surface area (Å²) in [4.78, 5) is 240. The van der Waals surface area contributed by atoms with Gasteiger partial charge in [0.25, 0.3) is 0 Å². The maximum absolute atomic E-state index is 14.6. The van der Waals surface area contributed by atoms with Gasteiger partial charge < -0.3 is 136 Å². The van der Waals surface area contributed by atoms with Crippen LogP contribution in [-0.4, -0.2) is 239 Å². The van der Waals surface area contributed by atoms with E-state index in [2.05, 4.69) is 94.7 Å². The highest BCUT2D eigenvalue weighted by Crippen LogP contribution is 2.45. The average Bonchev–Trinajstić information content (AvgIpc) is 1.46. The van der Waals surface area contributed by atoms with Gasteiger partial charge in [-0.3, -0.25) is 71.9 Å². The van der Waals surface area contributed by atoms with Crippen LogP contribution in [0.3, 0.4) is 0 Å². The number of hydrogen-bond donors (Lipinski definition) is 24. The van der Waals surface area contributed by atoms with E-state index in [0.717, 1.165) is 0 Å². The van der Waals surface area contributed by atoms with Gasteiger partial charge in [0, 0.05) is 118 Å². The van der Waals surface area contributed by atoms with Gasteiger partial charge in [0.05, 0.1) is 49.4 Å². The molecule has 2 aliphatic heterocycles. The number of aromatic hydroxyl groups is 2. The number of anilines is 2. The quantitative estimate of drug-likeness (QED) is 0.0148. The van der Waals surface area contributed by atoms with Crippen molar-refractivity contribution < 1.29 is 106 Å². The van der Waals surface area contributed by atoms with Gasteiger partial charge in [-0.05, 0) is 189 Å². The maximum Gasteiger partial charge on any atom is 0.336 e. The molecule has 0 radical (unpaired) electrons. The highest BCUT2D eigenvalue weighted by molar-refractivity contribution is 7.98. The summed E-state index contributed by atoms with van der Waals surface area (Å²) in [5, 5.41) is 93.0. The molecule has 0 saturated carbocycles. The number of nitrogens with two attached hydrogens (primary N) is 2. The summed E-state index contributed by atoms with van der Waals surface area (Å²) >= 11 is 12.8. The van der Waals surface area contributed by atoms with E-state index >= 15 is 0 Å². The number of nitrogens with one attached hydrogen (secondary N) is 17. The Hall–Kier alpha value is -16.4. The number of H-pyrrole nitrogens is 2. The fraction of sp³-hybridized carbons (Fsp3) is 0.327. The van der Waals surface area contributed by atoms with E-state index in [1.54, 1.807) is 62.5 Å². The Morgan fingerprint density at radius 1 is 0.476 bits per heavy atom. The van der Waals surface area contributed by atoms with Crippen molar-refractivity contribution in [1.82, 2.24) is 84.1 Å². The number of aromatic amines is 2. The molecule has 9 atom stereocenters. The number of imidazole rings is 1. The molecule has 5 aromatic carbocycles. The lowest BCUT2D eigenvalue weighted by Gasteiger charge is -2.26. The number of aromatic carboxylic acids is 2. The first-order valence-corrected chi connectivity index (χ1v) is 48.0. The number of benzene rings is 7. The van der Waals surface area contributed by atoms with Crippen LogP contribution in [0.4, 0.5) is 11.4 Å². The van der Waals surface area contributed by atoms with Crippen molar-refractivity contribution in [2.75, 3.05) is 55.4 Å². The van der Waals surface area contributed by atoms with Gasteiger partial charge in [0.2, 0.25) is 76.8 Å². The van der Waals surface area contributed by atoms with Crippen molar-refractivity contribution in [3.63, 3.8) is 0 Å². The Labute approximate surface area is 841 Å². The number of phenolic OH excluding ortho intramolecular Hbond substituents is 2. The maximum atomic E-state index is 14.6. The number of hydrogen-bond acceptors (Lipinski definition) is 26. The molecule has 764 valence electrons. The topological polar surface area (TPSA) is 695 Å². The number of aromatic nitrogens is 3. The van der Waals surface area contributed by atoms with Crippen LogP contribution in [0.15, 0.2) is 171 Å². The van der Waals surface area contributed by atoms with E-state index in [1.807, 2.05) is 20.1 Å². The second-order valence-electron chi connectivity index (χ2n) is 34.8. The van der Waals surface area contributed by atoms with Gasteiger partial charge >= 0.3 is 11.9 Å². The lowest BCUT2D eigenvalue weighted by Crippen LogP contribution is -2.59. The summed E-state index contributed by atoms with van der Waals surface area (Å²) in [6.07, 6.45) is 5.55. The Bertz CT molecular complexity index is 6790. The molecule has 26 N–H and O–H groups in total. The number of aliphatic hydroxyl groups excluding tert-OH is 1. The van der Waals surface area contributed by atoms with Gasteiger partial charge in [-0.15, -0.1) is 0 Å². The molecule has 13 amide bonds. The van der Waals surface area contributed by atoms with Crippen LogP contribution in [-0.2, 0) is 75.2 Å². The number of carbonyl (C=O) groups is 15. The largest absolute Gasteiger partial charge is 0.508 e. The van der Waals surface area contributed by atoms with Crippen LogP contribution in [0.25, 0.3) is 77.7 Å². The lowest BCUT2D eigenvalue weighted by molar-refractivity contribution is -0.135. The molecule has 4 heterocycles. The van der Waals surface area contributed by atoms with Crippen molar-refractivity contribution in [2.45, 2.75) is 147 Å². The number of thiocarbonyl (C=S) groups is 2. The van der Waals surface area contributed by atoms with Crippen LogP contribution in [0.5, 0.6) is 11.5 Å². The zero-order valence-electron chi connectivity index (χ0n) is 79.2. The minimum atomic E-state index is -1.81. The molecule has 2 aliphatic carbocycles. The summed E-state index contributed by atoms with van der Waals surface area (Å²) in [6, 6.07) is 19.4. The number of thioether (sulfide) groups is 1. The van der Waals surface area contributed by atoms with Crippen molar-refractivity contribution in [3.8, 4) is 56.4 Å². The van der Waals surface area contributed by atoms with Crippen molar-refractivity contribution in [3.05, 3.63) is 195 Å². The van der Waals surface area contributed by atoms with E-state index in [0.29, 0.717) is 60.9 Å². The number of rotatable bonds is 49. The third kappa shape index (κ3) is 30.1. The van der Waals surface area contributed by atoms with Crippen molar-refractivity contribution in [1.29, 1.82) is 0 Å². The minimum absolute atomic E-state index is 0.0425. The molecule has 44 nitrogen and oxygen atoms in total. The molecule has 47 heteroatoms. The molecule has 0 spiro atoms. The van der Waals surface area contributed by atoms with Gasteiger partial charge in [-0.25, -0.2) is 14.6 Å². The van der Waals surface area contributed by atoms with Crippen LogP contribution in [0, 0.1) is 11.8 Å². The van der Waals surface area contributed by atoms with E-state index in [4.69, 9.17) is 44.7 Å². The minimum Gasteiger partial charge on any atom is -0.508 e. The molecule has 4 aliphatic rings. The molecular weight excluding hydrogens is 1940 g/mol. The average molecular weight is 2050 g/mol. The Morgan fingerprint density at radius 3 is 1.52 bits per heavy atom. The van der Waals surface area contributed by atoms with Crippen molar-refractivity contribution in [2.24, 2.45) is 23.3 Å². The molecule has 2 aromatic heterocycles. The Balaban J connectivity index is 0.714. The fourth-order valence-electron chi connectivity index (χ4n) is 15.9. The number of amides is 13. The summed E-state index contributed by atoms with van der Waals surface area (Å²) < 4.78 is 11.9. The van der Waals surface area contributed by atoms with E-state index in [1.165, 1.54) is 122 Å². The molecule has 0 fully saturated rings. The number of carboxylic acid groups (broad SMARTS) is 2. The van der Waals surface area contributed by atoms with Gasteiger partial charge in [-0.2, -0.15) is 11.8 Å². The van der Waals surface area contributed by atoms with E-state index in [-0.39, 0.29) is 141 Å². The molecule has 11 rings (SSSR count). The van der Waals surface area contributed by atoms with Gasteiger partial charge in [0.15, 0.2) is 21.1 Å². The molecular formula is C98H110N20O24S3. The third-order valence-corrected chi connectivity index (χ3v) is 24.2. The van der Waals surface area contributed by atoms with Crippen LogP contribution >= 0.6 is 36.2 Å². The van der Waals surface area contributed by atoms with Gasteiger partial charge in [-0.1, -0.05) is 58.0 Å². The Morgan fingerprint density at radius 2 is 0.979 bits per heavy atom. The lowest BCUT2D eigenvalue weighted by atomic mass is 9.90. The first-order chi connectivity index (χ1) is 69.1. The standard InChI is InChI=1S/C98H110N20O24S3/c1-47(2)31-71(92(134)114-68(86(100)128)28-30-145-6)115-93(135)73(35-53-41-101-46-107-53)112-81(126)44-106-94(136)85(48(3)4)118-87(129)49(5)108-91(133)72(32-50-40-103-67-12-8-7-11-58(50)67)116-90(132)70(26-27-79(99)124)111-80(125)42-105-89(131)74(45-119)113-82(127)43-104-88(130)69(117-98(144)110-52-15-21-60(66(34-52)96(139)140)84-63-24-18-56(122)38-77(63)142-78-39-57(123)19-25-64(78)84)13-9-10-29-102-97(143)109-51-14-20-59(65(33-51)95(137)138)83-61-22-16-54(120)36-75(61)141-76-37-55(121)17-23-62(76)83/h7-8,11-12,14-25,33-34,36-41,46-49,68-74,85,103,119-120,122H,9-10,13,26-32,35,42-45H2,1-6H3,(H2,99,124)(H2,100,128)(H,101,107)(H,104,130)(H,105,131)(H,106,136)(H,108,133)(H,111,125)(H,112,126)(H,113,127)(H,114,134)(H,115,135)(H,116,132)(H,118,129)(H,137,138)(H,139,140)(H2,102,109,143)(H2,110,117,144)/t49-,68-,69-,70-,71-,72-,73-,74-,85-/m0/s1. The monoisotopic (exact) mass is 2050 g/mol. The number of fused-ring (bicyclic) bond motifs is 5. The second-order valence-corrected chi connectivity index (χ2v) is 36.6. The normalized spacial score (nSPS) is 13.1. The van der Waals surface area contributed by atoms with Crippen molar-refractivity contribution >= 4 is 179 Å². The fourth-order valence-corrected chi connectivity index (χ4v) is 16.9. The molecule has 0 saturated heterocycles. The Kier molecular flexibility index (Phi) is 38.2. The number of unbranched alkanes of at least 4 members (excludes halogenated alkanes) is 1. The summed E-state index contributed by atoms with van der Waals surface area (Å²) in [5.74, 6) is -15.1. The number of aliphatic hydroxyl groups is 1. The summed E-state index contributed by atoms with van der Waals surface area (Å²) in [7, 11) is 0. The SMILES string of the molecule is CSCC[C@H](NC(=O)[C@H](CC(C)C)NC(=O)[C@H](Cc1c[nH]cn1)NC(=O)CNC(=O)[C@@H](NC(=O)[C@H](C)NC(=O)[C@H](Cc1c[nH]c2ccccc12)NC(=O)[C@H](CCC(N)=O)NC(=O)CNC(=O)[C@H](CO)NC(=O)CNC(=O)[C@H](CCCCNC(=S)Nc1ccc(-c2c3ccc(=O)cc-3oc3cc(O)ccc23)c(C(=O)O)c1)NC(=S)Nc1ccc(-c2c3ccc(=O)cc-3oc3cc(O)ccc23)c(C(=O)O)c1)C(C)C)C(N)=O. The van der Waals surface area contributed by atoms with E-state index in [9.17, 15) is 107 Å². The van der Waals surface area contributed by atoms with Crippen LogP contribution < -0.4 is 102 Å². The predicted molar refractivity (Wildman–Crippen MR) is 544 cm³/mol. The third-order valence-electron chi connectivity index (χ3n) is 23.1. The van der Waals surface area contributed by atoms with Crippen LogP contribution in [0.1, 0.15) is 112 Å². The highest BCUT2D eigenvalue weighted by Gasteiger charge is 2.37. The zero-order valence-corrected chi connectivity index (χ0v) is 81.7. The summed E-state index contributed by atoms with van der Waals surface area (Å²) in [6.45, 7) is 4.58. The molecule has 7 aromatic rings. The van der Waals surface area contributed by atoms with E-state index < -0.39 is 194 Å². The van der Waals surface area contributed by atoms with Gasteiger partial charge in [0.1, 0.15) is 88.6 Å². The zero-order chi connectivity index (χ0) is 105. The first-order valence-electron chi connectivity index (χ1n) is 45.8. The molecule has 0 unspecified atom stereocenters. The predicted octanol–water partition coefficient (Wildman–Crippen LogP) is 3.20. The first kappa shape index (κ1) is 109. The number of carbonyl (C=O) groups excluding carboxylic acids is 13. The number of carboxylic acids is 2.